The molecule has 3 heteroatoms. The normalized spacial score (nSPS) is 36.8. The van der Waals surface area contributed by atoms with Gasteiger partial charge in [-0.3, -0.25) is 0 Å². The molecule has 3 atom stereocenters. The molecule has 2 bridgehead atoms. The first kappa shape index (κ1) is 7.69. The van der Waals surface area contributed by atoms with Gasteiger partial charge in [0.25, 0.3) is 0 Å². The lowest BCUT2D eigenvalue weighted by Gasteiger charge is -2.15. The summed E-state index contributed by atoms with van der Waals surface area (Å²) in [4.78, 5) is 2.77. The van der Waals surface area contributed by atoms with Crippen molar-refractivity contribution in [2.45, 2.75) is 19.3 Å². The SMILES string of the molecule is [N-]=[N+]=NCCC1CC2C=CC1C2. The largest absolute Gasteiger partial charge is 0.0940 e. The maximum absolute atomic E-state index is 8.12. The molecule has 2 aliphatic carbocycles. The van der Waals surface area contributed by atoms with Gasteiger partial charge in [-0.2, -0.15) is 0 Å². The van der Waals surface area contributed by atoms with Crippen LogP contribution in [0.3, 0.4) is 0 Å². The van der Waals surface area contributed by atoms with Crippen LogP contribution in [0.2, 0.25) is 0 Å². The summed E-state index contributed by atoms with van der Waals surface area (Å²) in [5.41, 5.74) is 8.12. The van der Waals surface area contributed by atoms with E-state index >= 15 is 0 Å². The van der Waals surface area contributed by atoms with Crippen molar-refractivity contribution in [1.29, 1.82) is 0 Å². The third-order valence-corrected chi connectivity index (χ3v) is 3.08. The average molecular weight is 163 g/mol. The van der Waals surface area contributed by atoms with Gasteiger partial charge in [0.15, 0.2) is 0 Å². The fraction of sp³-hybridized carbons (Fsp3) is 0.778. The molecule has 1 saturated carbocycles. The van der Waals surface area contributed by atoms with Gasteiger partial charge in [0.05, 0.1) is 0 Å². The van der Waals surface area contributed by atoms with E-state index in [4.69, 9.17) is 5.53 Å². The highest BCUT2D eigenvalue weighted by Crippen LogP contribution is 2.44. The molecule has 1 fully saturated rings. The van der Waals surface area contributed by atoms with Gasteiger partial charge in [0, 0.05) is 11.5 Å². The minimum Gasteiger partial charge on any atom is -0.0940 e. The van der Waals surface area contributed by atoms with Crippen molar-refractivity contribution in [1.82, 2.24) is 0 Å². The first-order valence-electron chi connectivity index (χ1n) is 4.59. The molecule has 0 heterocycles. The predicted octanol–water partition coefficient (Wildman–Crippen LogP) is 2.90. The van der Waals surface area contributed by atoms with E-state index in [0.717, 1.165) is 24.2 Å². The van der Waals surface area contributed by atoms with E-state index in [1.54, 1.807) is 0 Å². The molecule has 12 heavy (non-hydrogen) atoms. The molecule has 0 saturated heterocycles. The molecule has 0 aliphatic heterocycles. The molecule has 3 unspecified atom stereocenters. The van der Waals surface area contributed by atoms with Crippen LogP contribution in [0.5, 0.6) is 0 Å². The molecule has 3 nitrogen and oxygen atoms in total. The lowest BCUT2D eigenvalue weighted by atomic mass is 9.91. The molecule has 0 radical (unpaired) electrons. The zero-order valence-corrected chi connectivity index (χ0v) is 7.06. The molecule has 64 valence electrons. The maximum atomic E-state index is 8.12. The Morgan fingerprint density at radius 2 is 2.33 bits per heavy atom. The van der Waals surface area contributed by atoms with Crippen LogP contribution in [-0.2, 0) is 0 Å². The Kier molecular flexibility index (Phi) is 2.05. The Balaban J connectivity index is 1.83. The van der Waals surface area contributed by atoms with Gasteiger partial charge < -0.3 is 0 Å². The summed E-state index contributed by atoms with van der Waals surface area (Å²) < 4.78 is 0. The Hall–Kier alpha value is -0.950. The van der Waals surface area contributed by atoms with Gasteiger partial charge in [-0.1, -0.05) is 17.3 Å². The van der Waals surface area contributed by atoms with E-state index in [0.29, 0.717) is 6.54 Å². The fourth-order valence-corrected chi connectivity index (χ4v) is 2.49. The molecule has 0 aromatic rings. The summed E-state index contributed by atoms with van der Waals surface area (Å²) in [6, 6.07) is 0. The van der Waals surface area contributed by atoms with Gasteiger partial charge in [0.2, 0.25) is 0 Å². The maximum Gasteiger partial charge on any atom is 0.0260 e. The molecule has 2 aliphatic rings. The number of azide groups is 1. The number of nitrogens with zero attached hydrogens (tertiary/aromatic N) is 3. The zero-order valence-electron chi connectivity index (χ0n) is 7.06. The smallest absolute Gasteiger partial charge is 0.0260 e. The standard InChI is InChI=1S/C9H13N3/c10-12-11-4-3-9-6-7-1-2-8(9)5-7/h1-2,7-9H,3-6H2. The lowest BCUT2D eigenvalue weighted by Crippen LogP contribution is -2.07. The second-order valence-electron chi connectivity index (χ2n) is 3.78. The van der Waals surface area contributed by atoms with Crippen LogP contribution >= 0.6 is 0 Å². The Labute approximate surface area is 72.1 Å². The van der Waals surface area contributed by atoms with Crippen LogP contribution in [0.1, 0.15) is 19.3 Å². The summed E-state index contributed by atoms with van der Waals surface area (Å²) in [6.07, 6.45) is 8.43. The summed E-state index contributed by atoms with van der Waals surface area (Å²) in [7, 11) is 0. The quantitative estimate of drug-likeness (QED) is 0.266. The molecule has 0 spiro atoms. The average Bonchev–Trinajstić information content (AvgIpc) is 2.65. The Bertz CT molecular complexity index is 240. The second-order valence-corrected chi connectivity index (χ2v) is 3.78. The molecular weight excluding hydrogens is 150 g/mol. The first-order chi connectivity index (χ1) is 5.90. The monoisotopic (exact) mass is 163 g/mol. The van der Waals surface area contributed by atoms with Crippen molar-refractivity contribution in [2.75, 3.05) is 6.54 Å². The molecule has 0 N–H and O–H groups in total. The highest BCUT2D eigenvalue weighted by atomic mass is 15.1. The van der Waals surface area contributed by atoms with Crippen molar-refractivity contribution in [3.63, 3.8) is 0 Å². The summed E-state index contributed by atoms with van der Waals surface area (Å²) in [5.74, 6) is 2.43. The number of fused-ring (bicyclic) bond motifs is 2. The molecule has 2 rings (SSSR count). The van der Waals surface area contributed by atoms with Crippen LogP contribution in [0.15, 0.2) is 17.3 Å². The highest BCUT2D eigenvalue weighted by molar-refractivity contribution is 5.09. The van der Waals surface area contributed by atoms with E-state index in [9.17, 15) is 0 Å². The molecule has 0 aromatic heterocycles. The minimum atomic E-state index is 0.679. The minimum absolute atomic E-state index is 0.679. The summed E-state index contributed by atoms with van der Waals surface area (Å²) >= 11 is 0. The van der Waals surface area contributed by atoms with Gasteiger partial charge >= 0.3 is 0 Å². The zero-order chi connectivity index (χ0) is 8.39. The van der Waals surface area contributed by atoms with E-state index in [1.807, 2.05) is 0 Å². The first-order valence-corrected chi connectivity index (χ1v) is 4.59. The van der Waals surface area contributed by atoms with Gasteiger partial charge in [-0.05, 0) is 42.5 Å². The Morgan fingerprint density at radius 1 is 1.42 bits per heavy atom. The van der Waals surface area contributed by atoms with Crippen LogP contribution in [0.4, 0.5) is 0 Å². The summed E-state index contributed by atoms with van der Waals surface area (Å²) in [6.45, 7) is 0.679. The van der Waals surface area contributed by atoms with E-state index in [2.05, 4.69) is 22.2 Å². The number of hydrogen-bond acceptors (Lipinski definition) is 1. The van der Waals surface area contributed by atoms with Crippen molar-refractivity contribution < 1.29 is 0 Å². The third kappa shape index (κ3) is 1.32. The van der Waals surface area contributed by atoms with Crippen LogP contribution < -0.4 is 0 Å². The van der Waals surface area contributed by atoms with Crippen LogP contribution in [-0.4, -0.2) is 6.54 Å². The van der Waals surface area contributed by atoms with Crippen LogP contribution in [0, 0.1) is 17.8 Å². The van der Waals surface area contributed by atoms with Crippen molar-refractivity contribution in [2.24, 2.45) is 22.9 Å². The van der Waals surface area contributed by atoms with Crippen molar-refractivity contribution in [3.8, 4) is 0 Å². The lowest BCUT2D eigenvalue weighted by molar-refractivity contribution is 0.422. The number of rotatable bonds is 3. The van der Waals surface area contributed by atoms with E-state index < -0.39 is 0 Å². The number of allylic oxidation sites excluding steroid dienone is 2. The second kappa shape index (κ2) is 3.20. The topological polar surface area (TPSA) is 48.8 Å². The highest BCUT2D eigenvalue weighted by Gasteiger charge is 2.34. The van der Waals surface area contributed by atoms with Crippen molar-refractivity contribution in [3.05, 3.63) is 22.6 Å². The summed E-state index contributed by atoms with van der Waals surface area (Å²) in [5, 5.41) is 3.58. The van der Waals surface area contributed by atoms with E-state index in [-0.39, 0.29) is 0 Å². The predicted molar refractivity (Wildman–Crippen MR) is 47.5 cm³/mol. The molecular formula is C9H13N3. The Morgan fingerprint density at radius 3 is 2.92 bits per heavy atom. The van der Waals surface area contributed by atoms with Crippen LogP contribution in [0.25, 0.3) is 10.4 Å². The van der Waals surface area contributed by atoms with Crippen molar-refractivity contribution >= 4 is 0 Å². The van der Waals surface area contributed by atoms with Gasteiger partial charge in [-0.25, -0.2) is 0 Å². The molecule has 0 amide bonds. The van der Waals surface area contributed by atoms with E-state index in [1.165, 1.54) is 12.8 Å². The number of hydrogen-bond donors (Lipinski definition) is 0. The third-order valence-electron chi connectivity index (χ3n) is 3.08. The van der Waals surface area contributed by atoms with Gasteiger partial charge in [0.1, 0.15) is 0 Å². The molecule has 0 aromatic carbocycles. The fourth-order valence-electron chi connectivity index (χ4n) is 2.49. The van der Waals surface area contributed by atoms with Gasteiger partial charge in [-0.15, -0.1) is 0 Å².